The topological polar surface area (TPSA) is 45.0 Å². The van der Waals surface area contributed by atoms with E-state index in [4.69, 9.17) is 4.74 Å². The molecule has 1 aliphatic rings. The number of nitrogens with one attached hydrogen (secondary N) is 1. The Morgan fingerprint density at radius 2 is 2.00 bits per heavy atom. The number of ether oxygens (including phenoxy) is 1. The van der Waals surface area contributed by atoms with Crippen LogP contribution in [-0.2, 0) is 4.74 Å². The maximum atomic E-state index is 9.35. The maximum absolute atomic E-state index is 9.35. The molecule has 0 aromatic carbocycles. The highest BCUT2D eigenvalue weighted by Gasteiger charge is 2.39. The number of nitrogens with zero attached hydrogens (tertiary/aromatic N) is 1. The van der Waals surface area contributed by atoms with Gasteiger partial charge in [0.25, 0.3) is 0 Å². The summed E-state index contributed by atoms with van der Waals surface area (Å²) in [5.74, 6) is 0. The Balaban J connectivity index is 2.71. The molecule has 0 radical (unpaired) electrons. The Labute approximate surface area is 92.8 Å². The molecule has 3 atom stereocenters. The number of hydrogen-bond donors (Lipinski definition) is 1. The van der Waals surface area contributed by atoms with Crippen LogP contribution in [0.3, 0.4) is 0 Å². The van der Waals surface area contributed by atoms with Gasteiger partial charge >= 0.3 is 0 Å². The zero-order valence-corrected chi connectivity index (χ0v) is 10.2. The van der Waals surface area contributed by atoms with Gasteiger partial charge in [0.15, 0.2) is 0 Å². The predicted octanol–water partition coefficient (Wildman–Crippen LogP) is 2.22. The van der Waals surface area contributed by atoms with Gasteiger partial charge in [-0.25, -0.2) is 0 Å². The van der Waals surface area contributed by atoms with Gasteiger partial charge < -0.3 is 4.74 Å². The molecule has 0 aromatic heterocycles. The van der Waals surface area contributed by atoms with E-state index in [1.807, 2.05) is 13.8 Å². The van der Waals surface area contributed by atoms with E-state index in [0.717, 1.165) is 19.3 Å². The molecule has 0 bridgehead atoms. The molecule has 1 saturated heterocycles. The molecule has 3 heteroatoms. The van der Waals surface area contributed by atoms with Gasteiger partial charge in [0.2, 0.25) is 0 Å². The maximum Gasteiger partial charge on any atom is 0.111 e. The fraction of sp³-hybridized carbons (Fsp3) is 0.917. The third-order valence-electron chi connectivity index (χ3n) is 3.09. The first-order valence-electron chi connectivity index (χ1n) is 5.85. The van der Waals surface area contributed by atoms with Crippen LogP contribution in [0.25, 0.3) is 0 Å². The molecule has 0 aromatic rings. The lowest BCUT2D eigenvalue weighted by Gasteiger charge is -2.40. The van der Waals surface area contributed by atoms with Gasteiger partial charge in [-0.05, 0) is 27.2 Å². The first-order valence-corrected chi connectivity index (χ1v) is 5.85. The zero-order chi connectivity index (χ0) is 11.5. The van der Waals surface area contributed by atoms with Crippen molar-refractivity contribution in [3.8, 4) is 6.07 Å². The van der Waals surface area contributed by atoms with Crippen molar-refractivity contribution in [2.24, 2.45) is 0 Å². The molecule has 1 N–H and O–H groups in total. The van der Waals surface area contributed by atoms with Crippen molar-refractivity contribution >= 4 is 0 Å². The lowest BCUT2D eigenvalue weighted by Crippen LogP contribution is -2.55. The van der Waals surface area contributed by atoms with Crippen LogP contribution in [-0.4, -0.2) is 23.8 Å². The summed E-state index contributed by atoms with van der Waals surface area (Å²) < 4.78 is 5.67. The van der Waals surface area contributed by atoms with Crippen LogP contribution < -0.4 is 5.32 Å². The lowest BCUT2D eigenvalue weighted by atomic mass is 9.84. The van der Waals surface area contributed by atoms with E-state index in [1.165, 1.54) is 0 Å². The summed E-state index contributed by atoms with van der Waals surface area (Å²) in [6, 6.07) is 2.84. The second kappa shape index (κ2) is 4.96. The summed E-state index contributed by atoms with van der Waals surface area (Å²) in [6.45, 7) is 8.35. The third-order valence-corrected chi connectivity index (χ3v) is 3.09. The van der Waals surface area contributed by atoms with Crippen LogP contribution in [0.4, 0.5) is 0 Å². The molecule has 15 heavy (non-hydrogen) atoms. The first-order chi connectivity index (χ1) is 7.01. The third kappa shape index (κ3) is 3.19. The molecule has 1 rings (SSSR count). The monoisotopic (exact) mass is 210 g/mol. The molecular formula is C12H22N2O. The van der Waals surface area contributed by atoms with E-state index < -0.39 is 0 Å². The summed E-state index contributed by atoms with van der Waals surface area (Å²) in [5.41, 5.74) is -0.382. The molecule has 1 aliphatic heterocycles. The van der Waals surface area contributed by atoms with Crippen molar-refractivity contribution < 1.29 is 4.74 Å². The first kappa shape index (κ1) is 12.5. The average molecular weight is 210 g/mol. The Morgan fingerprint density at radius 3 is 2.40 bits per heavy atom. The highest BCUT2D eigenvalue weighted by atomic mass is 16.5. The highest BCUT2D eigenvalue weighted by molar-refractivity contribution is 5.11. The van der Waals surface area contributed by atoms with Gasteiger partial charge in [0, 0.05) is 18.9 Å². The molecule has 86 valence electrons. The minimum absolute atomic E-state index is 0.171. The van der Waals surface area contributed by atoms with Crippen LogP contribution in [0, 0.1) is 11.3 Å². The minimum atomic E-state index is -0.382. The lowest BCUT2D eigenvalue weighted by molar-refractivity contribution is -0.0580. The van der Waals surface area contributed by atoms with E-state index in [9.17, 15) is 5.26 Å². The molecule has 0 saturated carbocycles. The molecular weight excluding hydrogens is 188 g/mol. The number of nitriles is 1. The summed E-state index contributed by atoms with van der Waals surface area (Å²) >= 11 is 0. The Morgan fingerprint density at radius 1 is 1.47 bits per heavy atom. The average Bonchev–Trinajstić information content (AvgIpc) is 2.16. The Kier molecular flexibility index (Phi) is 4.12. The van der Waals surface area contributed by atoms with Crippen LogP contribution in [0.15, 0.2) is 0 Å². The van der Waals surface area contributed by atoms with Gasteiger partial charge in [-0.1, -0.05) is 6.92 Å². The molecule has 3 nitrogen and oxygen atoms in total. The van der Waals surface area contributed by atoms with Gasteiger partial charge in [-0.15, -0.1) is 0 Å². The summed E-state index contributed by atoms with van der Waals surface area (Å²) in [5, 5.41) is 12.8. The highest BCUT2D eigenvalue weighted by Crippen LogP contribution is 2.28. The number of hydrogen-bond acceptors (Lipinski definition) is 3. The summed E-state index contributed by atoms with van der Waals surface area (Å²) in [7, 11) is 0. The normalized spacial score (nSPS) is 38.3. The second-order valence-corrected chi connectivity index (χ2v) is 4.81. The molecule has 0 spiro atoms. The van der Waals surface area contributed by atoms with E-state index in [1.54, 1.807) is 0 Å². The quantitative estimate of drug-likeness (QED) is 0.777. The van der Waals surface area contributed by atoms with Gasteiger partial charge in [-0.3, -0.25) is 5.32 Å². The van der Waals surface area contributed by atoms with E-state index in [0.29, 0.717) is 6.04 Å². The fourth-order valence-corrected chi connectivity index (χ4v) is 2.37. The summed E-state index contributed by atoms with van der Waals surface area (Å²) in [4.78, 5) is 0. The van der Waals surface area contributed by atoms with Crippen molar-refractivity contribution in [1.82, 2.24) is 5.32 Å². The molecule has 0 amide bonds. The largest absolute Gasteiger partial charge is 0.375 e. The smallest absolute Gasteiger partial charge is 0.111 e. The van der Waals surface area contributed by atoms with Crippen molar-refractivity contribution in [2.45, 2.75) is 70.7 Å². The van der Waals surface area contributed by atoms with Crippen molar-refractivity contribution in [3.63, 3.8) is 0 Å². The van der Waals surface area contributed by atoms with Crippen LogP contribution in [0.2, 0.25) is 0 Å². The van der Waals surface area contributed by atoms with Crippen molar-refractivity contribution in [1.29, 1.82) is 5.26 Å². The predicted molar refractivity (Wildman–Crippen MR) is 60.5 cm³/mol. The van der Waals surface area contributed by atoms with E-state index in [-0.39, 0.29) is 17.7 Å². The Hall–Kier alpha value is -0.590. The van der Waals surface area contributed by atoms with E-state index in [2.05, 4.69) is 25.2 Å². The number of rotatable bonds is 3. The standard InChI is InChI=1S/C12H22N2O/c1-5-9(2)14-12(8-13)6-10(3)15-11(4)7-12/h9-11,14H,5-7H2,1-4H3. The zero-order valence-electron chi connectivity index (χ0n) is 10.2. The fourth-order valence-electron chi connectivity index (χ4n) is 2.37. The van der Waals surface area contributed by atoms with Gasteiger partial charge in [0.1, 0.15) is 5.54 Å². The van der Waals surface area contributed by atoms with Crippen LogP contribution >= 0.6 is 0 Å². The molecule has 0 aliphatic carbocycles. The molecule has 1 fully saturated rings. The van der Waals surface area contributed by atoms with Gasteiger partial charge in [0.05, 0.1) is 18.3 Å². The van der Waals surface area contributed by atoms with Crippen LogP contribution in [0.5, 0.6) is 0 Å². The van der Waals surface area contributed by atoms with Crippen molar-refractivity contribution in [2.75, 3.05) is 0 Å². The minimum Gasteiger partial charge on any atom is -0.375 e. The van der Waals surface area contributed by atoms with E-state index >= 15 is 0 Å². The summed E-state index contributed by atoms with van der Waals surface area (Å²) in [6.07, 6.45) is 2.97. The molecule has 1 heterocycles. The second-order valence-electron chi connectivity index (χ2n) is 4.81. The van der Waals surface area contributed by atoms with Gasteiger partial charge in [-0.2, -0.15) is 5.26 Å². The van der Waals surface area contributed by atoms with Crippen LogP contribution in [0.1, 0.15) is 47.0 Å². The molecule has 3 unspecified atom stereocenters. The SMILES string of the molecule is CCC(C)NC1(C#N)CC(C)OC(C)C1. The van der Waals surface area contributed by atoms with Crippen molar-refractivity contribution in [3.05, 3.63) is 0 Å². The Bertz CT molecular complexity index is 236.